The summed E-state index contributed by atoms with van der Waals surface area (Å²) in [5.41, 5.74) is 1.28. The summed E-state index contributed by atoms with van der Waals surface area (Å²) in [6, 6.07) is 7.97. The average molecular weight is 267 g/mol. The Labute approximate surface area is 113 Å². The minimum Gasteiger partial charge on any atom is -0.342 e. The van der Waals surface area contributed by atoms with Crippen molar-refractivity contribution in [3.8, 4) is 0 Å². The summed E-state index contributed by atoms with van der Waals surface area (Å²) in [4.78, 5) is 13.9. The second-order valence-electron chi connectivity index (χ2n) is 4.73. The van der Waals surface area contributed by atoms with Crippen LogP contribution in [0.1, 0.15) is 24.3 Å². The summed E-state index contributed by atoms with van der Waals surface area (Å²) in [5, 5.41) is 3.77. The number of likely N-dealkylation sites (tertiary alicyclic amines) is 1. The van der Waals surface area contributed by atoms with Crippen molar-refractivity contribution < 1.29 is 4.79 Å². The number of nitrogens with one attached hydrogen (secondary N) is 1. The summed E-state index contributed by atoms with van der Waals surface area (Å²) in [6.07, 6.45) is 1.64. The van der Waals surface area contributed by atoms with Crippen molar-refractivity contribution in [2.75, 3.05) is 26.7 Å². The first-order chi connectivity index (χ1) is 8.70. The first-order valence-corrected chi connectivity index (χ1v) is 6.76. The van der Waals surface area contributed by atoms with Crippen LogP contribution in [0, 0.1) is 0 Å². The smallest absolute Gasteiger partial charge is 0.223 e. The maximum Gasteiger partial charge on any atom is 0.223 e. The molecule has 1 aliphatic heterocycles. The third kappa shape index (κ3) is 3.24. The molecule has 1 aromatic rings. The lowest BCUT2D eigenvalue weighted by atomic mass is 9.99. The average Bonchev–Trinajstić information content (AvgIpc) is 2.86. The second kappa shape index (κ2) is 6.21. The van der Waals surface area contributed by atoms with Gasteiger partial charge in [-0.15, -0.1) is 0 Å². The standard InChI is InChI=1S/C14H19ClN2O/c1-16-8-6-14(18)17-9-7-12(10-17)11-2-4-13(15)5-3-11/h2-5,12,16H,6-10H2,1H3. The summed E-state index contributed by atoms with van der Waals surface area (Å²) in [6.45, 7) is 2.46. The van der Waals surface area contributed by atoms with Gasteiger partial charge < -0.3 is 10.2 Å². The van der Waals surface area contributed by atoms with E-state index in [9.17, 15) is 4.79 Å². The zero-order chi connectivity index (χ0) is 13.0. The molecule has 0 radical (unpaired) electrons. The Morgan fingerprint density at radius 3 is 2.83 bits per heavy atom. The fourth-order valence-corrected chi connectivity index (χ4v) is 2.51. The topological polar surface area (TPSA) is 32.3 Å². The molecule has 1 fully saturated rings. The molecule has 1 heterocycles. The molecule has 1 saturated heterocycles. The minimum absolute atomic E-state index is 0.251. The number of halogens is 1. The minimum atomic E-state index is 0.251. The van der Waals surface area contributed by atoms with E-state index in [-0.39, 0.29) is 5.91 Å². The van der Waals surface area contributed by atoms with Gasteiger partial charge >= 0.3 is 0 Å². The highest BCUT2D eigenvalue weighted by Gasteiger charge is 2.26. The summed E-state index contributed by atoms with van der Waals surface area (Å²) >= 11 is 5.88. The molecule has 1 N–H and O–H groups in total. The third-order valence-electron chi connectivity index (χ3n) is 3.47. The molecule has 1 unspecified atom stereocenters. The Morgan fingerprint density at radius 1 is 1.44 bits per heavy atom. The van der Waals surface area contributed by atoms with Gasteiger partial charge in [-0.25, -0.2) is 0 Å². The summed E-state index contributed by atoms with van der Waals surface area (Å²) in [7, 11) is 1.87. The number of hydrogen-bond donors (Lipinski definition) is 1. The van der Waals surface area contributed by atoms with Gasteiger partial charge in [0.25, 0.3) is 0 Å². The number of carbonyl (C=O) groups is 1. The molecule has 2 rings (SSSR count). The van der Waals surface area contributed by atoms with E-state index in [4.69, 9.17) is 11.6 Å². The number of carbonyl (C=O) groups excluding carboxylic acids is 1. The molecule has 1 aliphatic rings. The Hall–Kier alpha value is -1.06. The molecular weight excluding hydrogens is 248 g/mol. The van der Waals surface area contributed by atoms with Gasteiger partial charge in [0.1, 0.15) is 0 Å². The zero-order valence-corrected chi connectivity index (χ0v) is 11.4. The molecule has 0 bridgehead atoms. The van der Waals surface area contributed by atoms with Gasteiger partial charge in [-0.05, 0) is 31.2 Å². The molecular formula is C14H19ClN2O. The van der Waals surface area contributed by atoms with Gasteiger partial charge in [-0.2, -0.15) is 0 Å². The van der Waals surface area contributed by atoms with E-state index in [0.717, 1.165) is 31.1 Å². The molecule has 18 heavy (non-hydrogen) atoms. The Kier molecular flexibility index (Phi) is 4.61. The SMILES string of the molecule is CNCCC(=O)N1CCC(c2ccc(Cl)cc2)C1. The Morgan fingerprint density at radius 2 is 2.17 bits per heavy atom. The van der Waals surface area contributed by atoms with Gasteiger partial charge in [0, 0.05) is 37.0 Å². The second-order valence-corrected chi connectivity index (χ2v) is 5.17. The predicted molar refractivity (Wildman–Crippen MR) is 73.9 cm³/mol. The fourth-order valence-electron chi connectivity index (χ4n) is 2.38. The van der Waals surface area contributed by atoms with Gasteiger partial charge in [0.15, 0.2) is 0 Å². The molecule has 98 valence electrons. The highest BCUT2D eigenvalue weighted by atomic mass is 35.5. The molecule has 0 spiro atoms. The van der Waals surface area contributed by atoms with Crippen LogP contribution < -0.4 is 5.32 Å². The number of rotatable bonds is 4. The van der Waals surface area contributed by atoms with Crippen LogP contribution in [0.3, 0.4) is 0 Å². The predicted octanol–water partition coefficient (Wildman–Crippen LogP) is 2.27. The maximum atomic E-state index is 11.9. The molecule has 0 aromatic heterocycles. The molecule has 1 amide bonds. The summed E-state index contributed by atoms with van der Waals surface area (Å²) < 4.78 is 0. The van der Waals surface area contributed by atoms with Crippen molar-refractivity contribution in [2.24, 2.45) is 0 Å². The Balaban J connectivity index is 1.91. The zero-order valence-electron chi connectivity index (χ0n) is 10.7. The van der Waals surface area contributed by atoms with Crippen LogP contribution in [-0.4, -0.2) is 37.5 Å². The first kappa shape index (κ1) is 13.4. The van der Waals surface area contributed by atoms with E-state index < -0.39 is 0 Å². The van der Waals surface area contributed by atoms with Crippen LogP contribution in [0.4, 0.5) is 0 Å². The van der Waals surface area contributed by atoms with Gasteiger partial charge in [0.05, 0.1) is 0 Å². The summed E-state index contributed by atoms with van der Waals surface area (Å²) in [5.74, 6) is 0.710. The lowest BCUT2D eigenvalue weighted by Gasteiger charge is -2.16. The number of benzene rings is 1. The first-order valence-electron chi connectivity index (χ1n) is 6.38. The van der Waals surface area contributed by atoms with E-state index in [0.29, 0.717) is 12.3 Å². The van der Waals surface area contributed by atoms with Crippen molar-refractivity contribution in [3.63, 3.8) is 0 Å². The molecule has 0 saturated carbocycles. The van der Waals surface area contributed by atoms with Crippen molar-refractivity contribution in [3.05, 3.63) is 34.9 Å². The van der Waals surface area contributed by atoms with Crippen LogP contribution >= 0.6 is 11.6 Å². The maximum absolute atomic E-state index is 11.9. The van der Waals surface area contributed by atoms with Crippen LogP contribution in [-0.2, 0) is 4.79 Å². The van der Waals surface area contributed by atoms with E-state index in [1.165, 1.54) is 5.56 Å². The third-order valence-corrected chi connectivity index (χ3v) is 3.72. The van der Waals surface area contributed by atoms with Crippen molar-refractivity contribution in [1.29, 1.82) is 0 Å². The van der Waals surface area contributed by atoms with E-state index in [2.05, 4.69) is 17.4 Å². The van der Waals surface area contributed by atoms with Crippen molar-refractivity contribution >= 4 is 17.5 Å². The van der Waals surface area contributed by atoms with Crippen LogP contribution in [0.25, 0.3) is 0 Å². The monoisotopic (exact) mass is 266 g/mol. The van der Waals surface area contributed by atoms with Gasteiger partial charge in [-0.1, -0.05) is 23.7 Å². The Bertz CT molecular complexity index is 405. The number of nitrogens with zero attached hydrogens (tertiary/aromatic N) is 1. The van der Waals surface area contributed by atoms with E-state index in [1.54, 1.807) is 0 Å². The highest BCUT2D eigenvalue weighted by molar-refractivity contribution is 6.30. The normalized spacial score (nSPS) is 19.2. The lowest BCUT2D eigenvalue weighted by Crippen LogP contribution is -2.30. The van der Waals surface area contributed by atoms with Gasteiger partial charge in [-0.3, -0.25) is 4.79 Å². The van der Waals surface area contributed by atoms with Crippen LogP contribution in [0.15, 0.2) is 24.3 Å². The molecule has 3 nitrogen and oxygen atoms in total. The van der Waals surface area contributed by atoms with Crippen LogP contribution in [0.5, 0.6) is 0 Å². The quantitative estimate of drug-likeness (QED) is 0.907. The van der Waals surface area contributed by atoms with E-state index >= 15 is 0 Å². The molecule has 1 aromatic carbocycles. The van der Waals surface area contributed by atoms with Crippen molar-refractivity contribution in [1.82, 2.24) is 10.2 Å². The largest absolute Gasteiger partial charge is 0.342 e. The molecule has 4 heteroatoms. The van der Waals surface area contributed by atoms with Crippen LogP contribution in [0.2, 0.25) is 5.02 Å². The van der Waals surface area contributed by atoms with Crippen molar-refractivity contribution in [2.45, 2.75) is 18.8 Å². The van der Waals surface area contributed by atoms with E-state index in [1.807, 2.05) is 24.1 Å². The number of amides is 1. The highest BCUT2D eigenvalue weighted by Crippen LogP contribution is 2.28. The number of hydrogen-bond acceptors (Lipinski definition) is 2. The van der Waals surface area contributed by atoms with Gasteiger partial charge in [0.2, 0.25) is 5.91 Å². The fraction of sp³-hybridized carbons (Fsp3) is 0.500. The molecule has 1 atom stereocenters. The lowest BCUT2D eigenvalue weighted by molar-refractivity contribution is -0.130. The molecule has 0 aliphatic carbocycles.